The van der Waals surface area contributed by atoms with Crippen molar-refractivity contribution in [3.63, 3.8) is 0 Å². The van der Waals surface area contributed by atoms with Crippen LogP contribution >= 0.6 is 0 Å². The van der Waals surface area contributed by atoms with Crippen molar-refractivity contribution >= 4 is 11.6 Å². The fourth-order valence-electron chi connectivity index (χ4n) is 3.94. The summed E-state index contributed by atoms with van der Waals surface area (Å²) in [6.07, 6.45) is 11.0. The first-order valence-electron chi connectivity index (χ1n) is 8.30. The lowest BCUT2D eigenvalue weighted by Gasteiger charge is -2.44. The van der Waals surface area contributed by atoms with Crippen LogP contribution in [-0.2, 0) is 0 Å². The van der Waals surface area contributed by atoms with E-state index in [9.17, 15) is 4.79 Å². The summed E-state index contributed by atoms with van der Waals surface area (Å²) in [6.45, 7) is 3.76. The first-order chi connectivity index (χ1) is 10.3. The zero-order chi connectivity index (χ0) is 14.7. The van der Waals surface area contributed by atoms with Crippen LogP contribution in [0.15, 0.2) is 18.5 Å². The molecule has 2 fully saturated rings. The van der Waals surface area contributed by atoms with Crippen LogP contribution in [0.1, 0.15) is 55.8 Å². The molecular formula is C17H25N3O. The van der Waals surface area contributed by atoms with E-state index in [1.807, 2.05) is 13.0 Å². The lowest BCUT2D eigenvalue weighted by atomic mass is 9.78. The molecule has 1 aliphatic carbocycles. The number of carbonyl (C=O) groups is 1. The molecule has 2 heterocycles. The highest BCUT2D eigenvalue weighted by molar-refractivity contribution is 5.99. The Hall–Kier alpha value is -1.58. The summed E-state index contributed by atoms with van der Waals surface area (Å²) in [5.74, 6) is 0.908. The minimum atomic E-state index is 0.185. The second-order valence-corrected chi connectivity index (χ2v) is 6.20. The van der Waals surface area contributed by atoms with Crippen LogP contribution in [0.2, 0.25) is 0 Å². The molecule has 0 bridgehead atoms. The Morgan fingerprint density at radius 3 is 3.00 bits per heavy atom. The van der Waals surface area contributed by atoms with Crippen molar-refractivity contribution in [3.8, 4) is 0 Å². The van der Waals surface area contributed by atoms with Gasteiger partial charge in [-0.3, -0.25) is 9.78 Å². The number of aromatic nitrogens is 1. The van der Waals surface area contributed by atoms with E-state index >= 15 is 0 Å². The maximum atomic E-state index is 13.0. The van der Waals surface area contributed by atoms with Gasteiger partial charge in [0.05, 0.1) is 17.4 Å². The van der Waals surface area contributed by atoms with Gasteiger partial charge >= 0.3 is 0 Å². The maximum Gasteiger partial charge on any atom is 0.256 e. The van der Waals surface area contributed by atoms with Crippen molar-refractivity contribution in [2.24, 2.45) is 5.92 Å². The van der Waals surface area contributed by atoms with Gasteiger partial charge in [0.1, 0.15) is 0 Å². The van der Waals surface area contributed by atoms with Crippen LogP contribution in [-0.4, -0.2) is 34.9 Å². The van der Waals surface area contributed by atoms with Gasteiger partial charge in [-0.05, 0) is 44.6 Å². The van der Waals surface area contributed by atoms with E-state index in [0.29, 0.717) is 6.04 Å². The van der Waals surface area contributed by atoms with Crippen molar-refractivity contribution in [2.75, 3.05) is 18.4 Å². The maximum absolute atomic E-state index is 13.0. The van der Waals surface area contributed by atoms with E-state index in [2.05, 4.69) is 15.2 Å². The van der Waals surface area contributed by atoms with Crippen molar-refractivity contribution in [2.45, 2.75) is 51.5 Å². The molecule has 0 spiro atoms. The number of pyridine rings is 1. The molecule has 0 aromatic carbocycles. The Kier molecular flexibility index (Phi) is 4.42. The third-order valence-corrected chi connectivity index (χ3v) is 4.92. The first kappa shape index (κ1) is 14.4. The summed E-state index contributed by atoms with van der Waals surface area (Å²) in [5.41, 5.74) is 1.64. The Labute approximate surface area is 126 Å². The average Bonchev–Trinajstić information content (AvgIpc) is 2.54. The molecule has 1 amide bonds. The van der Waals surface area contributed by atoms with Gasteiger partial charge in [0.2, 0.25) is 0 Å². The Morgan fingerprint density at radius 2 is 2.14 bits per heavy atom. The first-order valence-corrected chi connectivity index (χ1v) is 8.30. The largest absolute Gasteiger partial charge is 0.383 e. The summed E-state index contributed by atoms with van der Waals surface area (Å²) < 4.78 is 0. The Balaban J connectivity index is 1.83. The molecular weight excluding hydrogens is 262 g/mol. The van der Waals surface area contributed by atoms with Crippen molar-refractivity contribution in [1.29, 1.82) is 0 Å². The standard InChI is InChI=1S/C17H25N3O/c1-2-19-15-12-18-10-9-14(15)17(21)20-11-5-7-13-6-3-4-8-16(13)20/h9-10,12-13,16,19H,2-8,11H2,1H3. The molecule has 1 aromatic heterocycles. The number of hydrogen-bond acceptors (Lipinski definition) is 3. The molecule has 2 aliphatic rings. The second kappa shape index (κ2) is 6.46. The van der Waals surface area contributed by atoms with Crippen LogP contribution in [0.25, 0.3) is 0 Å². The van der Waals surface area contributed by atoms with Gasteiger partial charge in [-0.2, -0.15) is 0 Å². The minimum Gasteiger partial charge on any atom is -0.383 e. The number of rotatable bonds is 3. The zero-order valence-corrected chi connectivity index (χ0v) is 12.8. The van der Waals surface area contributed by atoms with Gasteiger partial charge in [-0.1, -0.05) is 12.8 Å². The number of anilines is 1. The summed E-state index contributed by atoms with van der Waals surface area (Å²) in [6, 6.07) is 2.31. The van der Waals surface area contributed by atoms with Crippen molar-refractivity contribution in [1.82, 2.24) is 9.88 Å². The molecule has 1 saturated carbocycles. The molecule has 2 atom stereocenters. The summed E-state index contributed by atoms with van der Waals surface area (Å²) in [4.78, 5) is 19.3. The van der Waals surface area contributed by atoms with Crippen LogP contribution in [0, 0.1) is 5.92 Å². The fourth-order valence-corrected chi connectivity index (χ4v) is 3.94. The predicted octanol–water partition coefficient (Wildman–Crippen LogP) is 3.31. The molecule has 2 unspecified atom stereocenters. The van der Waals surface area contributed by atoms with E-state index < -0.39 is 0 Å². The zero-order valence-electron chi connectivity index (χ0n) is 12.8. The SMILES string of the molecule is CCNc1cnccc1C(=O)N1CCCC2CCCCC21. The molecule has 4 nitrogen and oxygen atoms in total. The molecule has 21 heavy (non-hydrogen) atoms. The number of hydrogen-bond donors (Lipinski definition) is 1. The molecule has 0 radical (unpaired) electrons. The summed E-state index contributed by atoms with van der Waals surface area (Å²) in [7, 11) is 0. The van der Waals surface area contributed by atoms with E-state index in [-0.39, 0.29) is 5.91 Å². The van der Waals surface area contributed by atoms with Crippen LogP contribution in [0.4, 0.5) is 5.69 Å². The Morgan fingerprint density at radius 1 is 1.33 bits per heavy atom. The van der Waals surface area contributed by atoms with Gasteiger partial charge < -0.3 is 10.2 Å². The highest BCUT2D eigenvalue weighted by Crippen LogP contribution is 2.36. The molecule has 1 aliphatic heterocycles. The molecule has 1 saturated heterocycles. The molecule has 1 N–H and O–H groups in total. The van der Waals surface area contributed by atoms with E-state index in [1.165, 1.54) is 32.1 Å². The second-order valence-electron chi connectivity index (χ2n) is 6.20. The molecule has 3 rings (SSSR count). The molecule has 1 aromatic rings. The third-order valence-electron chi connectivity index (χ3n) is 4.92. The molecule has 4 heteroatoms. The predicted molar refractivity (Wildman–Crippen MR) is 84.4 cm³/mol. The molecule has 114 valence electrons. The van der Waals surface area contributed by atoms with Crippen LogP contribution in [0.3, 0.4) is 0 Å². The Bertz CT molecular complexity index is 501. The number of carbonyl (C=O) groups excluding carboxylic acids is 1. The quantitative estimate of drug-likeness (QED) is 0.927. The van der Waals surface area contributed by atoms with Gasteiger partial charge in [0.15, 0.2) is 0 Å². The topological polar surface area (TPSA) is 45.2 Å². The van der Waals surface area contributed by atoms with Gasteiger partial charge in [-0.25, -0.2) is 0 Å². The van der Waals surface area contributed by atoms with Gasteiger partial charge in [0, 0.05) is 25.3 Å². The monoisotopic (exact) mass is 287 g/mol. The van der Waals surface area contributed by atoms with E-state index in [0.717, 1.165) is 36.7 Å². The third kappa shape index (κ3) is 2.89. The highest BCUT2D eigenvalue weighted by Gasteiger charge is 2.36. The van der Waals surface area contributed by atoms with Gasteiger partial charge in [-0.15, -0.1) is 0 Å². The van der Waals surface area contributed by atoms with Gasteiger partial charge in [0.25, 0.3) is 5.91 Å². The van der Waals surface area contributed by atoms with Crippen LogP contribution < -0.4 is 5.32 Å². The number of nitrogens with one attached hydrogen (secondary N) is 1. The number of nitrogens with zero attached hydrogens (tertiary/aromatic N) is 2. The number of piperidine rings is 1. The highest BCUT2D eigenvalue weighted by atomic mass is 16.2. The number of fused-ring (bicyclic) bond motifs is 1. The summed E-state index contributed by atoms with van der Waals surface area (Å²) >= 11 is 0. The average molecular weight is 287 g/mol. The van der Waals surface area contributed by atoms with Crippen LogP contribution in [0.5, 0.6) is 0 Å². The minimum absolute atomic E-state index is 0.185. The number of likely N-dealkylation sites (tertiary alicyclic amines) is 1. The lowest BCUT2D eigenvalue weighted by molar-refractivity contribution is 0.0391. The van der Waals surface area contributed by atoms with Crippen molar-refractivity contribution in [3.05, 3.63) is 24.0 Å². The smallest absolute Gasteiger partial charge is 0.256 e. The normalized spacial score (nSPS) is 25.3. The van der Waals surface area contributed by atoms with E-state index in [1.54, 1.807) is 12.4 Å². The van der Waals surface area contributed by atoms with Crippen molar-refractivity contribution < 1.29 is 4.79 Å². The number of amides is 1. The fraction of sp³-hybridized carbons (Fsp3) is 0.647. The summed E-state index contributed by atoms with van der Waals surface area (Å²) in [5, 5.41) is 3.26. The van der Waals surface area contributed by atoms with E-state index in [4.69, 9.17) is 0 Å². The lowest BCUT2D eigenvalue weighted by Crippen LogP contribution is -2.49.